The molecule has 0 spiro atoms. The van der Waals surface area contributed by atoms with Crippen molar-refractivity contribution in [2.75, 3.05) is 16.4 Å². The predicted molar refractivity (Wildman–Crippen MR) is 141 cm³/mol. The molecule has 0 unspecified atom stereocenters. The van der Waals surface area contributed by atoms with Crippen LogP contribution in [0.2, 0.25) is 0 Å². The second kappa shape index (κ2) is 8.93. The van der Waals surface area contributed by atoms with Gasteiger partial charge in [0.2, 0.25) is 0 Å². The fourth-order valence-electron chi connectivity index (χ4n) is 4.09. The van der Waals surface area contributed by atoms with Crippen LogP contribution >= 0.6 is 0 Å². The Balaban J connectivity index is 1.56. The summed E-state index contributed by atoms with van der Waals surface area (Å²) >= 11 is 0. The number of anilines is 5. The Morgan fingerprint density at radius 1 is 0.364 bits per heavy atom. The topological polar surface area (TPSA) is 55.3 Å². The molecule has 0 aliphatic heterocycles. The van der Waals surface area contributed by atoms with Gasteiger partial charge in [-0.25, -0.2) is 0 Å². The van der Waals surface area contributed by atoms with Crippen LogP contribution < -0.4 is 16.4 Å². The van der Waals surface area contributed by atoms with Crippen molar-refractivity contribution >= 4 is 28.4 Å². The third-order valence-corrected chi connectivity index (χ3v) is 5.75. The molecule has 0 fully saturated rings. The quantitative estimate of drug-likeness (QED) is 0.283. The van der Waals surface area contributed by atoms with Crippen LogP contribution in [0.25, 0.3) is 22.3 Å². The molecule has 4 N–H and O–H groups in total. The van der Waals surface area contributed by atoms with Gasteiger partial charge in [0.1, 0.15) is 0 Å². The molecule has 33 heavy (non-hydrogen) atoms. The maximum absolute atomic E-state index is 5.94. The molecule has 160 valence electrons. The summed E-state index contributed by atoms with van der Waals surface area (Å²) in [6.07, 6.45) is 0. The number of rotatable bonds is 5. The van der Waals surface area contributed by atoms with Crippen LogP contribution in [0.1, 0.15) is 0 Å². The van der Waals surface area contributed by atoms with Gasteiger partial charge >= 0.3 is 0 Å². The number of nitrogens with two attached hydrogens (primary N) is 2. The van der Waals surface area contributed by atoms with Crippen molar-refractivity contribution in [2.45, 2.75) is 0 Å². The van der Waals surface area contributed by atoms with Gasteiger partial charge in [0.15, 0.2) is 0 Å². The number of hydrogen-bond donors (Lipinski definition) is 2. The lowest BCUT2D eigenvalue weighted by Gasteiger charge is -2.26. The Labute approximate surface area is 194 Å². The third-order valence-electron chi connectivity index (χ3n) is 5.75. The van der Waals surface area contributed by atoms with Gasteiger partial charge in [-0.3, -0.25) is 0 Å². The summed E-state index contributed by atoms with van der Waals surface area (Å²) in [6.45, 7) is 0. The van der Waals surface area contributed by atoms with E-state index in [0.29, 0.717) is 0 Å². The summed E-state index contributed by atoms with van der Waals surface area (Å²) in [6, 6.07) is 43.5. The molecule has 0 saturated heterocycles. The van der Waals surface area contributed by atoms with E-state index in [1.54, 1.807) is 0 Å². The van der Waals surface area contributed by atoms with E-state index in [1.165, 1.54) is 22.3 Å². The summed E-state index contributed by atoms with van der Waals surface area (Å²) < 4.78 is 0. The SMILES string of the molecule is Nc1ccc(N(c2ccc(N)cc2)c2ccc(-c3ccccc3-c3ccccc3)cc2)cc1. The highest BCUT2D eigenvalue weighted by molar-refractivity contribution is 5.85. The fraction of sp³-hybridized carbons (Fsp3) is 0. The predicted octanol–water partition coefficient (Wildman–Crippen LogP) is 7.65. The standard InChI is InChI=1S/C30H25N3/c31-24-12-18-27(19-13-24)33(28-20-14-25(32)15-21-28)26-16-10-23(11-17-26)30-9-5-4-8-29(30)22-6-2-1-3-7-22/h1-21H,31-32H2. The van der Waals surface area contributed by atoms with E-state index in [2.05, 4.69) is 77.7 Å². The van der Waals surface area contributed by atoms with Crippen LogP contribution in [0.3, 0.4) is 0 Å². The van der Waals surface area contributed by atoms with Crippen molar-refractivity contribution in [1.29, 1.82) is 0 Å². The Morgan fingerprint density at radius 2 is 0.727 bits per heavy atom. The van der Waals surface area contributed by atoms with E-state index < -0.39 is 0 Å². The molecule has 0 aromatic heterocycles. The minimum Gasteiger partial charge on any atom is -0.399 e. The molecule has 0 radical (unpaired) electrons. The second-order valence-corrected chi connectivity index (χ2v) is 7.98. The van der Waals surface area contributed by atoms with Gasteiger partial charge in [0, 0.05) is 28.4 Å². The van der Waals surface area contributed by atoms with Gasteiger partial charge < -0.3 is 16.4 Å². The largest absolute Gasteiger partial charge is 0.399 e. The van der Waals surface area contributed by atoms with Crippen molar-refractivity contribution in [3.63, 3.8) is 0 Å². The molecular weight excluding hydrogens is 402 g/mol. The zero-order valence-corrected chi connectivity index (χ0v) is 18.2. The average Bonchev–Trinajstić information content (AvgIpc) is 2.87. The molecule has 5 aromatic carbocycles. The monoisotopic (exact) mass is 427 g/mol. The van der Waals surface area contributed by atoms with Gasteiger partial charge in [-0.2, -0.15) is 0 Å². The van der Waals surface area contributed by atoms with Crippen LogP contribution in [0, 0.1) is 0 Å². The highest BCUT2D eigenvalue weighted by Gasteiger charge is 2.13. The lowest BCUT2D eigenvalue weighted by atomic mass is 9.94. The Morgan fingerprint density at radius 3 is 1.18 bits per heavy atom. The van der Waals surface area contributed by atoms with E-state index >= 15 is 0 Å². The van der Waals surface area contributed by atoms with Gasteiger partial charge in [0.05, 0.1) is 0 Å². The van der Waals surface area contributed by atoms with Crippen LogP contribution in [0.15, 0.2) is 127 Å². The molecule has 0 bridgehead atoms. The number of nitrogen functional groups attached to an aromatic ring is 2. The third kappa shape index (κ3) is 4.30. The van der Waals surface area contributed by atoms with Crippen LogP contribution in [-0.2, 0) is 0 Å². The van der Waals surface area contributed by atoms with Crippen molar-refractivity contribution in [3.8, 4) is 22.3 Å². The maximum atomic E-state index is 5.94. The summed E-state index contributed by atoms with van der Waals surface area (Å²) in [5, 5.41) is 0. The molecule has 0 heterocycles. The molecule has 3 heteroatoms. The van der Waals surface area contributed by atoms with E-state index in [0.717, 1.165) is 28.4 Å². The number of benzene rings is 5. The maximum Gasteiger partial charge on any atom is 0.0463 e. The molecule has 0 atom stereocenters. The highest BCUT2D eigenvalue weighted by Crippen LogP contribution is 2.37. The number of hydrogen-bond acceptors (Lipinski definition) is 3. The Kier molecular flexibility index (Phi) is 5.52. The minimum atomic E-state index is 0.740. The van der Waals surface area contributed by atoms with Crippen molar-refractivity contribution < 1.29 is 0 Å². The Bertz CT molecular complexity index is 1300. The smallest absolute Gasteiger partial charge is 0.0463 e. The zero-order chi connectivity index (χ0) is 22.6. The summed E-state index contributed by atoms with van der Waals surface area (Å²) in [4.78, 5) is 2.20. The normalized spacial score (nSPS) is 10.7. The van der Waals surface area contributed by atoms with E-state index in [4.69, 9.17) is 11.5 Å². The van der Waals surface area contributed by atoms with Crippen LogP contribution in [-0.4, -0.2) is 0 Å². The first-order valence-electron chi connectivity index (χ1n) is 11.0. The summed E-state index contributed by atoms with van der Waals surface area (Å²) in [7, 11) is 0. The average molecular weight is 428 g/mol. The van der Waals surface area contributed by atoms with Gasteiger partial charge in [-0.15, -0.1) is 0 Å². The molecular formula is C30H25N3. The molecule has 0 saturated carbocycles. The summed E-state index contributed by atoms with van der Waals surface area (Å²) in [5.74, 6) is 0. The fourth-order valence-corrected chi connectivity index (χ4v) is 4.09. The van der Waals surface area contributed by atoms with E-state index in [9.17, 15) is 0 Å². The lowest BCUT2D eigenvalue weighted by Crippen LogP contribution is -2.10. The first-order valence-corrected chi connectivity index (χ1v) is 11.0. The molecule has 0 aliphatic rings. The molecule has 0 aliphatic carbocycles. The molecule has 3 nitrogen and oxygen atoms in total. The van der Waals surface area contributed by atoms with Crippen LogP contribution in [0.4, 0.5) is 28.4 Å². The van der Waals surface area contributed by atoms with E-state index in [1.807, 2.05) is 54.6 Å². The lowest BCUT2D eigenvalue weighted by molar-refractivity contribution is 1.28. The minimum absolute atomic E-state index is 0.740. The van der Waals surface area contributed by atoms with Crippen molar-refractivity contribution in [2.24, 2.45) is 0 Å². The second-order valence-electron chi connectivity index (χ2n) is 7.98. The first-order chi connectivity index (χ1) is 16.2. The van der Waals surface area contributed by atoms with Crippen LogP contribution in [0.5, 0.6) is 0 Å². The molecule has 5 aromatic rings. The molecule has 5 rings (SSSR count). The van der Waals surface area contributed by atoms with Gasteiger partial charge in [0.25, 0.3) is 0 Å². The van der Waals surface area contributed by atoms with Crippen molar-refractivity contribution in [1.82, 2.24) is 0 Å². The zero-order valence-electron chi connectivity index (χ0n) is 18.2. The van der Waals surface area contributed by atoms with Gasteiger partial charge in [-0.05, 0) is 82.9 Å². The summed E-state index contributed by atoms with van der Waals surface area (Å²) in [5.41, 5.74) is 21.3. The number of nitrogens with zero attached hydrogens (tertiary/aromatic N) is 1. The first kappa shape index (κ1) is 20.4. The highest BCUT2D eigenvalue weighted by atomic mass is 15.1. The Hall–Kier alpha value is -4.50. The van der Waals surface area contributed by atoms with Gasteiger partial charge in [-0.1, -0.05) is 66.7 Å². The van der Waals surface area contributed by atoms with Crippen molar-refractivity contribution in [3.05, 3.63) is 127 Å². The molecule has 0 amide bonds. The van der Waals surface area contributed by atoms with E-state index in [-0.39, 0.29) is 0 Å².